The molecule has 0 aromatic heterocycles. The van der Waals surface area contributed by atoms with E-state index in [9.17, 15) is 0 Å². The molecule has 1 aromatic rings. The van der Waals surface area contributed by atoms with Crippen LogP contribution in [0.3, 0.4) is 0 Å². The average Bonchev–Trinajstić information content (AvgIpc) is 2.78. The Morgan fingerprint density at radius 3 is 2.59 bits per heavy atom. The van der Waals surface area contributed by atoms with Crippen molar-refractivity contribution in [2.45, 2.75) is 51.0 Å². The molecule has 0 atom stereocenters. The Morgan fingerprint density at radius 1 is 1.29 bits per heavy atom. The van der Waals surface area contributed by atoms with Gasteiger partial charge in [0.1, 0.15) is 5.75 Å². The van der Waals surface area contributed by atoms with Crippen LogP contribution in [0.1, 0.15) is 45.1 Å². The zero-order valence-electron chi connectivity index (χ0n) is 10.9. The second-order valence-corrected chi connectivity index (χ2v) is 5.39. The summed E-state index contributed by atoms with van der Waals surface area (Å²) >= 11 is 0. The van der Waals surface area contributed by atoms with E-state index in [-0.39, 0.29) is 11.5 Å². The number of benzene rings is 1. The van der Waals surface area contributed by atoms with Crippen LogP contribution in [0.5, 0.6) is 5.75 Å². The van der Waals surface area contributed by atoms with Crippen molar-refractivity contribution in [3.63, 3.8) is 0 Å². The van der Waals surface area contributed by atoms with Gasteiger partial charge in [0.2, 0.25) is 0 Å². The van der Waals surface area contributed by atoms with E-state index >= 15 is 0 Å². The largest absolute Gasteiger partial charge is 0.491 e. The van der Waals surface area contributed by atoms with E-state index in [0.717, 1.165) is 12.3 Å². The van der Waals surface area contributed by atoms with E-state index in [1.165, 1.54) is 31.2 Å². The van der Waals surface area contributed by atoms with Gasteiger partial charge in [-0.25, -0.2) is 0 Å². The lowest BCUT2D eigenvalue weighted by atomic mass is 9.79. The fraction of sp³-hybridized carbons (Fsp3) is 0.600. The minimum Gasteiger partial charge on any atom is -0.491 e. The Balaban J connectivity index is 2.25. The van der Waals surface area contributed by atoms with Crippen LogP contribution in [0.2, 0.25) is 0 Å². The van der Waals surface area contributed by atoms with Crippen molar-refractivity contribution in [1.29, 1.82) is 0 Å². The molecular weight excluding hydrogens is 210 g/mol. The summed E-state index contributed by atoms with van der Waals surface area (Å²) in [7, 11) is 0. The van der Waals surface area contributed by atoms with Gasteiger partial charge in [-0.1, -0.05) is 25.0 Å². The summed E-state index contributed by atoms with van der Waals surface area (Å²) in [5.74, 6) is 0.970. The monoisotopic (exact) mass is 233 g/mol. The van der Waals surface area contributed by atoms with Crippen molar-refractivity contribution >= 4 is 0 Å². The highest BCUT2D eigenvalue weighted by atomic mass is 16.5. The molecule has 1 aliphatic carbocycles. The van der Waals surface area contributed by atoms with Gasteiger partial charge in [-0.2, -0.15) is 0 Å². The van der Waals surface area contributed by atoms with E-state index < -0.39 is 0 Å². The Labute approximate surface area is 104 Å². The number of ether oxygens (including phenoxy) is 1. The molecule has 0 amide bonds. The van der Waals surface area contributed by atoms with E-state index in [1.54, 1.807) is 0 Å². The van der Waals surface area contributed by atoms with Gasteiger partial charge in [0.05, 0.1) is 6.10 Å². The molecular formula is C15H23NO. The summed E-state index contributed by atoms with van der Waals surface area (Å²) in [6.45, 7) is 4.86. The molecule has 1 saturated carbocycles. The van der Waals surface area contributed by atoms with Gasteiger partial charge < -0.3 is 10.5 Å². The van der Waals surface area contributed by atoms with Crippen LogP contribution in [0.4, 0.5) is 0 Å². The Hall–Kier alpha value is -1.02. The molecule has 0 radical (unpaired) electrons. The normalized spacial score (nSPS) is 18.6. The average molecular weight is 233 g/mol. The molecule has 1 aliphatic rings. The van der Waals surface area contributed by atoms with Crippen LogP contribution < -0.4 is 10.5 Å². The van der Waals surface area contributed by atoms with Gasteiger partial charge in [-0.05, 0) is 44.4 Å². The van der Waals surface area contributed by atoms with Crippen LogP contribution in [-0.4, -0.2) is 12.6 Å². The maximum absolute atomic E-state index is 6.01. The Bertz CT molecular complexity index is 367. The van der Waals surface area contributed by atoms with Gasteiger partial charge in [0.25, 0.3) is 0 Å². The molecule has 2 N–H and O–H groups in total. The highest BCUT2D eigenvalue weighted by Gasteiger charge is 2.34. The van der Waals surface area contributed by atoms with Gasteiger partial charge in [-0.3, -0.25) is 0 Å². The summed E-state index contributed by atoms with van der Waals surface area (Å²) in [4.78, 5) is 0. The van der Waals surface area contributed by atoms with Crippen molar-refractivity contribution in [3.8, 4) is 5.75 Å². The first-order valence-electron chi connectivity index (χ1n) is 6.63. The van der Waals surface area contributed by atoms with Gasteiger partial charge in [0.15, 0.2) is 0 Å². The van der Waals surface area contributed by atoms with E-state index in [2.05, 4.69) is 32.0 Å². The van der Waals surface area contributed by atoms with Crippen molar-refractivity contribution < 1.29 is 4.74 Å². The van der Waals surface area contributed by atoms with E-state index in [0.29, 0.717) is 0 Å². The lowest BCUT2D eigenvalue weighted by molar-refractivity contribution is 0.241. The molecule has 17 heavy (non-hydrogen) atoms. The second-order valence-electron chi connectivity index (χ2n) is 5.39. The van der Waals surface area contributed by atoms with E-state index in [1.807, 2.05) is 6.07 Å². The standard InChI is InChI=1S/C15H23NO/c1-12(2)17-14-7-5-6-13(10-14)15(11-16)8-3-4-9-15/h5-7,10,12H,3-4,8-9,11,16H2,1-2H3. The molecule has 2 heteroatoms. The minimum absolute atomic E-state index is 0.205. The number of nitrogens with two attached hydrogens (primary N) is 1. The quantitative estimate of drug-likeness (QED) is 0.866. The molecule has 1 aromatic carbocycles. The van der Waals surface area contributed by atoms with Crippen LogP contribution in [0, 0.1) is 0 Å². The third kappa shape index (κ3) is 2.63. The first-order valence-corrected chi connectivity index (χ1v) is 6.63. The van der Waals surface area contributed by atoms with Crippen LogP contribution >= 0.6 is 0 Å². The van der Waals surface area contributed by atoms with E-state index in [4.69, 9.17) is 10.5 Å². The lowest BCUT2D eigenvalue weighted by Gasteiger charge is -2.28. The van der Waals surface area contributed by atoms with Crippen LogP contribution in [0.15, 0.2) is 24.3 Å². The molecule has 0 bridgehead atoms. The molecule has 1 fully saturated rings. The SMILES string of the molecule is CC(C)Oc1cccc(C2(CN)CCCC2)c1. The maximum Gasteiger partial charge on any atom is 0.119 e. The molecule has 0 unspecified atom stereocenters. The van der Waals surface area contributed by atoms with Gasteiger partial charge in [0, 0.05) is 12.0 Å². The van der Waals surface area contributed by atoms with Gasteiger partial charge in [-0.15, -0.1) is 0 Å². The van der Waals surface area contributed by atoms with Crippen molar-refractivity contribution in [2.75, 3.05) is 6.54 Å². The third-order valence-corrected chi connectivity index (χ3v) is 3.77. The predicted octanol–water partition coefficient (Wildman–Crippen LogP) is 3.24. The fourth-order valence-electron chi connectivity index (χ4n) is 2.83. The zero-order valence-corrected chi connectivity index (χ0v) is 10.9. The van der Waals surface area contributed by atoms with Crippen molar-refractivity contribution in [1.82, 2.24) is 0 Å². The lowest BCUT2D eigenvalue weighted by Crippen LogP contribution is -2.31. The van der Waals surface area contributed by atoms with Gasteiger partial charge >= 0.3 is 0 Å². The zero-order chi connectivity index (χ0) is 12.3. The number of hydrogen-bond acceptors (Lipinski definition) is 2. The molecule has 0 aliphatic heterocycles. The molecule has 2 rings (SSSR count). The molecule has 0 saturated heterocycles. The first kappa shape index (κ1) is 12.4. The first-order chi connectivity index (χ1) is 8.16. The minimum atomic E-state index is 0.205. The van der Waals surface area contributed by atoms with Crippen LogP contribution in [-0.2, 0) is 5.41 Å². The number of hydrogen-bond donors (Lipinski definition) is 1. The van der Waals surface area contributed by atoms with Crippen molar-refractivity contribution in [2.24, 2.45) is 5.73 Å². The number of rotatable bonds is 4. The molecule has 2 nitrogen and oxygen atoms in total. The smallest absolute Gasteiger partial charge is 0.119 e. The summed E-state index contributed by atoms with van der Waals surface area (Å²) < 4.78 is 5.76. The molecule has 0 spiro atoms. The maximum atomic E-state index is 6.01. The summed E-state index contributed by atoms with van der Waals surface area (Å²) in [6.07, 6.45) is 5.25. The predicted molar refractivity (Wildman–Crippen MR) is 71.4 cm³/mol. The molecule has 94 valence electrons. The fourth-order valence-corrected chi connectivity index (χ4v) is 2.83. The highest BCUT2D eigenvalue weighted by molar-refractivity contribution is 5.35. The van der Waals surface area contributed by atoms with Crippen LogP contribution in [0.25, 0.3) is 0 Å². The topological polar surface area (TPSA) is 35.2 Å². The third-order valence-electron chi connectivity index (χ3n) is 3.77. The summed E-state index contributed by atoms with van der Waals surface area (Å²) in [5, 5.41) is 0. The summed E-state index contributed by atoms with van der Waals surface area (Å²) in [5.41, 5.74) is 7.57. The Morgan fingerprint density at radius 2 is 2.00 bits per heavy atom. The summed E-state index contributed by atoms with van der Waals surface area (Å²) in [6, 6.07) is 8.50. The van der Waals surface area contributed by atoms with Crippen molar-refractivity contribution in [3.05, 3.63) is 29.8 Å². The second kappa shape index (κ2) is 5.09. The Kier molecular flexibility index (Phi) is 3.72. The highest BCUT2D eigenvalue weighted by Crippen LogP contribution is 2.41. The molecule has 0 heterocycles.